The van der Waals surface area contributed by atoms with Crippen LogP contribution in [0.5, 0.6) is 0 Å². The number of ketones is 2. The maximum Gasteiger partial charge on any atom is 0.762 e. The molecule has 2 saturated heterocycles. The lowest BCUT2D eigenvalue weighted by atomic mass is 10.00. The lowest BCUT2D eigenvalue weighted by molar-refractivity contribution is 0.0971. The maximum atomic E-state index is 13.1. The highest BCUT2D eigenvalue weighted by Gasteiger charge is 2.36. The van der Waals surface area contributed by atoms with Crippen molar-refractivity contribution in [3.63, 3.8) is 0 Å². The second kappa shape index (κ2) is 53.8. The first kappa shape index (κ1) is 90.5. The topological polar surface area (TPSA) is 83.8 Å². The highest BCUT2D eigenvalue weighted by Crippen LogP contribution is 2.55. The number of aliphatic hydroxyl groups excluding tert-OH is 2. The summed E-state index contributed by atoms with van der Waals surface area (Å²) in [5, 5.41) is 17.7. The van der Waals surface area contributed by atoms with Gasteiger partial charge in [-0.05, 0) is 230 Å². The van der Waals surface area contributed by atoms with E-state index in [0.717, 1.165) is 145 Å². The zero-order valence-corrected chi connectivity index (χ0v) is 65.1. The third kappa shape index (κ3) is 34.8. The van der Waals surface area contributed by atoms with E-state index in [-0.39, 0.29) is 49.6 Å². The molecule has 0 aliphatic carbocycles. The smallest absolute Gasteiger partial charge is 0.396 e. The van der Waals surface area contributed by atoms with Crippen LogP contribution in [-0.2, 0) is 12.9 Å². The Kier molecular flexibility index (Phi) is 46.9. The predicted molar refractivity (Wildman–Crippen MR) is 441 cm³/mol. The second-order valence-corrected chi connectivity index (χ2v) is 31.0. The molecule has 2 aliphatic heterocycles. The third-order valence-corrected chi connectivity index (χ3v) is 24.0. The van der Waals surface area contributed by atoms with Crippen LogP contribution in [0.2, 0.25) is 0 Å². The number of thiol groups is 2. The molecule has 0 unspecified atom stereocenters. The molecule has 19 heteroatoms. The number of benzene rings is 8. The molecule has 2 N–H and O–H groups in total. The number of hydrogen-bond acceptors (Lipinski definition) is 11. The van der Waals surface area contributed by atoms with Crippen LogP contribution < -0.4 is 0 Å². The van der Waals surface area contributed by atoms with E-state index in [9.17, 15) is 40.1 Å². The van der Waals surface area contributed by atoms with Crippen molar-refractivity contribution in [3.05, 3.63) is 265 Å². The minimum absolute atomic E-state index is 0.124. The fourth-order valence-corrected chi connectivity index (χ4v) is 18.3. The number of carbonyl (C=O) groups is 2. The van der Waals surface area contributed by atoms with Gasteiger partial charge in [-0.1, -0.05) is 177 Å². The Hall–Kier alpha value is -5.87. The number of hydrogen-bond donors (Lipinski definition) is 4. The van der Waals surface area contributed by atoms with E-state index in [1.807, 2.05) is 98.8 Å². The highest BCUT2D eigenvalue weighted by molar-refractivity contribution is 8.18. The van der Waals surface area contributed by atoms with E-state index in [2.05, 4.69) is 134 Å². The van der Waals surface area contributed by atoms with Gasteiger partial charge in [-0.3, -0.25) is 22.5 Å². The largest absolute Gasteiger partial charge is 0.762 e. The molecule has 2 heterocycles. The fourth-order valence-electron chi connectivity index (χ4n) is 10.8. The molecule has 2 aliphatic rings. The molecule has 560 valence electrons. The van der Waals surface area contributed by atoms with Gasteiger partial charge >= 0.3 is 7.54 Å². The Morgan fingerprint density at radius 1 is 0.413 bits per heavy atom. The Morgan fingerprint density at radius 2 is 0.683 bits per heavy atom. The summed E-state index contributed by atoms with van der Waals surface area (Å²) in [6.07, 6.45) is 20.4. The van der Waals surface area contributed by atoms with Crippen LogP contribution in [-0.4, -0.2) is 90.3 Å². The van der Waals surface area contributed by atoms with Crippen molar-refractivity contribution in [1.29, 1.82) is 0 Å². The van der Waals surface area contributed by atoms with E-state index in [4.69, 9.17) is 14.9 Å². The lowest BCUT2D eigenvalue weighted by Crippen LogP contribution is -2.22. The van der Waals surface area contributed by atoms with Gasteiger partial charge in [0.1, 0.15) is 23.3 Å². The van der Waals surface area contributed by atoms with Crippen molar-refractivity contribution in [2.45, 2.75) is 131 Å². The molecule has 0 spiro atoms. The Balaban J connectivity index is 0.000000277. The number of rotatable bonds is 30. The van der Waals surface area contributed by atoms with Gasteiger partial charge < -0.3 is 14.9 Å². The third-order valence-electron chi connectivity index (χ3n) is 16.4. The molecule has 0 radical (unpaired) electrons. The van der Waals surface area contributed by atoms with Crippen LogP contribution >= 0.6 is 72.3 Å². The molecule has 0 saturated carbocycles. The number of Topliss-reactive ketones (excluding diaryl/α,β-unsaturated/α-hetero) is 2. The van der Waals surface area contributed by atoms with Crippen LogP contribution in [0.1, 0.15) is 155 Å². The quantitative estimate of drug-likeness (QED) is 0.00879. The average molecular weight is 1540 g/mol. The number of unbranched alkanes of at least 4 members (excludes halogenated alkanes) is 6. The van der Waals surface area contributed by atoms with Crippen molar-refractivity contribution in [3.8, 4) is 44.5 Å². The second-order valence-electron chi connectivity index (χ2n) is 24.1. The minimum atomic E-state index is -3.67. The van der Waals surface area contributed by atoms with Gasteiger partial charge in [0.2, 0.25) is 0 Å². The van der Waals surface area contributed by atoms with Crippen LogP contribution in [0.4, 0.5) is 30.5 Å². The monoisotopic (exact) mass is 1540 g/mol. The first-order valence-corrected chi connectivity index (χ1v) is 40.9. The van der Waals surface area contributed by atoms with Crippen molar-refractivity contribution in [2.75, 3.05) is 60.9 Å². The molecule has 10 rings (SSSR count). The predicted octanol–water partition coefficient (Wildman–Crippen LogP) is 25.4. The van der Waals surface area contributed by atoms with Gasteiger partial charge in [0.05, 0.1) is 8.16 Å². The first-order chi connectivity index (χ1) is 50.4. The molecule has 2 fully saturated rings. The summed E-state index contributed by atoms with van der Waals surface area (Å²) in [6.45, 7) is 13.6. The molecule has 0 bridgehead atoms. The molecule has 8 aromatic rings. The molecular weight excluding hydrogens is 1440 g/mol. The summed E-state index contributed by atoms with van der Waals surface area (Å²) >= 11 is 16.2. The van der Waals surface area contributed by atoms with Crippen molar-refractivity contribution in [1.82, 2.24) is 0 Å². The first-order valence-electron chi connectivity index (χ1n) is 35.7. The average Bonchev–Trinajstić information content (AvgIpc) is 0.801. The van der Waals surface area contributed by atoms with Crippen LogP contribution in [0.25, 0.3) is 44.5 Å². The van der Waals surface area contributed by atoms with E-state index in [1.165, 1.54) is 108 Å². The Bertz CT molecular complexity index is 3570. The maximum absolute atomic E-state index is 13.1. The van der Waals surface area contributed by atoms with Crippen molar-refractivity contribution < 1.29 is 55.0 Å². The number of ether oxygens (including phenoxy) is 1. The summed E-state index contributed by atoms with van der Waals surface area (Å²) in [4.78, 5) is 23.9. The molecule has 104 heavy (non-hydrogen) atoms. The molecule has 8 aromatic carbocycles. The zero-order valence-electron chi connectivity index (χ0n) is 60.0. The van der Waals surface area contributed by atoms with Crippen LogP contribution in [0.15, 0.2) is 219 Å². The highest BCUT2D eigenvalue weighted by atomic mass is 32.2. The molecule has 0 atom stereocenters. The van der Waals surface area contributed by atoms with Gasteiger partial charge in [-0.15, -0.1) is 60.2 Å². The standard InChI is InChI=1S/C21H25FOS2.C21H23FS2.C18H19FO2.C18H17FO.C4H10O.C3H8S2.BF3/c22-20-11-7-18(8-12-20)17-5-9-19(10-6-17)21(13-2-1-3-14-23)24-15-4-16-25-21;1-2-3-4-14-21(23-15-5-16-24-21)19-10-6-17(7-11-19)18-8-12-20(22)13-9-18;19-17-11-9-15(10-12-17)14-5-7-16(8-6-14)18(21)4-2-1-3-13-20;1-2-3-4-5-18(20)16-8-6-14(7-9-16)15-10-12-17(19)13-11-15;1-3-5-4-2;4-2-1-3-5;2-1(3)4/h5-12,23H,1-4,13-16H2;2,6-13H,1,3-5,14-16H2;5-12,20H,1-4,13H2;2,6-13H,1,3-5H2;3-4H2,1-2H3;4-5H,1-3H2;. The van der Waals surface area contributed by atoms with Gasteiger partial charge in [-0.25, -0.2) is 17.6 Å². The number of thioether (sulfide) groups is 4. The number of allylic oxidation sites excluding steroid dienone is 2. The van der Waals surface area contributed by atoms with Crippen molar-refractivity contribution >= 4 is 91.4 Å². The number of aliphatic hydroxyl groups is 2. The molecule has 5 nitrogen and oxygen atoms in total. The number of halogens is 7. The minimum Gasteiger partial charge on any atom is -0.396 e. The summed E-state index contributed by atoms with van der Waals surface area (Å²) in [5.74, 6) is 6.21. The van der Waals surface area contributed by atoms with E-state index >= 15 is 0 Å². The van der Waals surface area contributed by atoms with E-state index in [0.29, 0.717) is 25.0 Å². The fraction of sp³-hybridized carbons (Fsp3) is 0.365. The van der Waals surface area contributed by atoms with Crippen LogP contribution in [0, 0.1) is 23.3 Å². The van der Waals surface area contributed by atoms with Gasteiger partial charge in [-0.2, -0.15) is 25.3 Å². The molecule has 0 aromatic heterocycles. The Morgan fingerprint density at radius 3 is 0.952 bits per heavy atom. The molecule has 0 amide bonds. The summed E-state index contributed by atoms with van der Waals surface area (Å²) in [7, 11) is -3.67. The van der Waals surface area contributed by atoms with Gasteiger partial charge in [0.15, 0.2) is 11.6 Å². The van der Waals surface area contributed by atoms with Gasteiger partial charge in [0.25, 0.3) is 0 Å². The van der Waals surface area contributed by atoms with E-state index < -0.39 is 7.54 Å². The SMILES string of the molecule is C=CCCCC(=O)c1ccc(-c2ccc(F)cc2)cc1.C=CCCCC1(c2ccc(-c3ccc(F)cc3)cc2)SCCCS1.CCOCC.FB(F)F.O=C(CCCCCO)c1ccc(-c2ccc(F)cc2)cc1.OCCCCCC1(c2ccc(-c3ccc(F)cc3)cc2)SCCCS1.SCCCS. The van der Waals surface area contributed by atoms with Crippen LogP contribution in [0.3, 0.4) is 0 Å². The zero-order chi connectivity index (χ0) is 75.6. The summed E-state index contributed by atoms with van der Waals surface area (Å²) in [5.41, 5.74) is 12.4. The lowest BCUT2D eigenvalue weighted by Gasteiger charge is -2.37. The van der Waals surface area contributed by atoms with Gasteiger partial charge in [0, 0.05) is 50.4 Å². The van der Waals surface area contributed by atoms with E-state index in [1.54, 1.807) is 24.3 Å². The summed E-state index contributed by atoms with van der Waals surface area (Å²) in [6, 6.07) is 58.6. The Labute approximate surface area is 643 Å². The number of carbonyl (C=O) groups excluding carboxylic acids is 2. The normalized spacial score (nSPS) is 13.0. The summed E-state index contributed by atoms with van der Waals surface area (Å²) < 4.78 is 86.1. The van der Waals surface area contributed by atoms with Crippen molar-refractivity contribution in [2.24, 2.45) is 0 Å². The molecular formula is C85H102BF7O5S6.